The van der Waals surface area contributed by atoms with Crippen LogP contribution in [0, 0.1) is 0 Å². The fourth-order valence-corrected chi connectivity index (χ4v) is 2.04. The van der Waals surface area contributed by atoms with Gasteiger partial charge in [0.1, 0.15) is 10.2 Å². The first-order valence-electron chi connectivity index (χ1n) is 4.33. The third-order valence-electron chi connectivity index (χ3n) is 2.02. The number of hydrogen-bond acceptors (Lipinski definition) is 2. The second-order valence-electron chi connectivity index (χ2n) is 3.02. The first-order chi connectivity index (χ1) is 7.61. The molecule has 1 N–H and O–H groups in total. The number of hydrogen-bond donors (Lipinski definition) is 1. The number of benzene rings is 1. The average molecular weight is 302 g/mol. The highest BCUT2D eigenvalue weighted by Crippen LogP contribution is 2.25. The van der Waals surface area contributed by atoms with Crippen LogP contribution in [0.25, 0.3) is 5.69 Å². The molecule has 0 saturated carbocycles. The van der Waals surface area contributed by atoms with Crippen LogP contribution in [0.15, 0.2) is 35.1 Å². The third-order valence-corrected chi connectivity index (χ3v) is 3.10. The lowest BCUT2D eigenvalue weighted by molar-refractivity contribution is 0.0696. The fraction of sp³-hybridized carbons (Fsp3) is 0. The molecule has 1 heterocycles. The van der Waals surface area contributed by atoms with Gasteiger partial charge in [0.2, 0.25) is 0 Å². The molecule has 0 radical (unpaired) electrons. The van der Waals surface area contributed by atoms with E-state index in [1.54, 1.807) is 24.3 Å². The minimum Gasteiger partial charge on any atom is -0.478 e. The van der Waals surface area contributed by atoms with Gasteiger partial charge in [-0.25, -0.2) is 9.48 Å². The van der Waals surface area contributed by atoms with Crippen molar-refractivity contribution in [2.45, 2.75) is 0 Å². The van der Waals surface area contributed by atoms with Crippen molar-refractivity contribution < 1.29 is 9.90 Å². The van der Waals surface area contributed by atoms with Crippen LogP contribution in [0.5, 0.6) is 0 Å². The van der Waals surface area contributed by atoms with E-state index in [0.717, 1.165) is 0 Å². The Morgan fingerprint density at radius 3 is 2.69 bits per heavy atom. The van der Waals surface area contributed by atoms with E-state index in [1.807, 2.05) is 0 Å². The van der Waals surface area contributed by atoms with E-state index >= 15 is 0 Å². The predicted molar refractivity (Wildman–Crippen MR) is 63.2 cm³/mol. The number of aromatic carboxylic acids is 1. The zero-order valence-electron chi connectivity index (χ0n) is 7.89. The van der Waals surface area contributed by atoms with E-state index in [-0.39, 0.29) is 5.56 Å². The topological polar surface area (TPSA) is 55.1 Å². The van der Waals surface area contributed by atoms with Gasteiger partial charge in [-0.2, -0.15) is 5.10 Å². The third kappa shape index (κ3) is 1.83. The van der Waals surface area contributed by atoms with Crippen molar-refractivity contribution in [3.05, 3.63) is 45.7 Å². The smallest absolute Gasteiger partial charge is 0.340 e. The van der Waals surface area contributed by atoms with Gasteiger partial charge >= 0.3 is 5.97 Å². The van der Waals surface area contributed by atoms with Gasteiger partial charge in [-0.05, 0) is 28.1 Å². The number of carbonyl (C=O) groups is 1. The van der Waals surface area contributed by atoms with Crippen LogP contribution in [-0.4, -0.2) is 20.9 Å². The Balaban J connectivity index is 2.58. The standard InChI is InChI=1S/C10H6BrClN2O2/c11-9-6(10(15)16)5-13-14(9)8-4-2-1-3-7(8)12/h1-5H,(H,15,16). The summed E-state index contributed by atoms with van der Waals surface area (Å²) in [7, 11) is 0. The van der Waals surface area contributed by atoms with Gasteiger partial charge < -0.3 is 5.11 Å². The number of para-hydroxylation sites is 1. The second-order valence-corrected chi connectivity index (χ2v) is 4.18. The molecule has 0 fully saturated rings. The summed E-state index contributed by atoms with van der Waals surface area (Å²) in [5.74, 6) is -1.04. The molecule has 0 saturated heterocycles. The predicted octanol–water partition coefficient (Wildman–Crippen LogP) is 2.99. The number of carboxylic acids is 1. The molecular weight excluding hydrogens is 295 g/mol. The molecule has 0 bridgehead atoms. The fourth-order valence-electron chi connectivity index (χ4n) is 1.27. The van der Waals surface area contributed by atoms with Crippen molar-refractivity contribution >= 4 is 33.5 Å². The molecule has 0 aliphatic rings. The highest BCUT2D eigenvalue weighted by molar-refractivity contribution is 9.10. The summed E-state index contributed by atoms with van der Waals surface area (Å²) in [5, 5.41) is 13.4. The number of nitrogens with zero attached hydrogens (tertiary/aromatic N) is 2. The van der Waals surface area contributed by atoms with Gasteiger partial charge in [0.25, 0.3) is 0 Å². The maximum atomic E-state index is 10.8. The van der Waals surface area contributed by atoms with E-state index < -0.39 is 5.97 Å². The molecule has 1 aromatic carbocycles. The Morgan fingerprint density at radius 2 is 2.12 bits per heavy atom. The lowest BCUT2D eigenvalue weighted by atomic mass is 10.3. The first-order valence-corrected chi connectivity index (χ1v) is 5.50. The molecule has 0 amide bonds. The molecule has 0 aliphatic heterocycles. The molecule has 6 heteroatoms. The Hall–Kier alpha value is -1.33. The zero-order chi connectivity index (χ0) is 11.7. The average Bonchev–Trinajstić information content (AvgIpc) is 2.61. The molecule has 2 aromatic rings. The Morgan fingerprint density at radius 1 is 1.44 bits per heavy atom. The summed E-state index contributed by atoms with van der Waals surface area (Å²) in [6, 6.07) is 7.06. The molecule has 0 spiro atoms. The molecule has 16 heavy (non-hydrogen) atoms. The summed E-state index contributed by atoms with van der Waals surface area (Å²) < 4.78 is 1.80. The van der Waals surface area contributed by atoms with E-state index in [0.29, 0.717) is 15.3 Å². The molecule has 0 aliphatic carbocycles. The van der Waals surface area contributed by atoms with Crippen LogP contribution < -0.4 is 0 Å². The van der Waals surface area contributed by atoms with Crippen molar-refractivity contribution in [3.8, 4) is 5.69 Å². The summed E-state index contributed by atoms with van der Waals surface area (Å²) in [5.41, 5.74) is 0.725. The van der Waals surface area contributed by atoms with Crippen LogP contribution in [0.4, 0.5) is 0 Å². The lowest BCUT2D eigenvalue weighted by Crippen LogP contribution is -1.99. The van der Waals surface area contributed by atoms with Crippen LogP contribution in [0.2, 0.25) is 5.02 Å². The SMILES string of the molecule is O=C(O)c1cnn(-c2ccccc2Cl)c1Br. The van der Waals surface area contributed by atoms with Gasteiger partial charge in [0, 0.05) is 0 Å². The zero-order valence-corrected chi connectivity index (χ0v) is 10.2. The highest BCUT2D eigenvalue weighted by atomic mass is 79.9. The maximum Gasteiger partial charge on any atom is 0.340 e. The lowest BCUT2D eigenvalue weighted by Gasteiger charge is -2.05. The number of halogens is 2. The highest BCUT2D eigenvalue weighted by Gasteiger charge is 2.16. The van der Waals surface area contributed by atoms with E-state index in [9.17, 15) is 4.79 Å². The van der Waals surface area contributed by atoms with E-state index in [4.69, 9.17) is 16.7 Å². The van der Waals surface area contributed by atoms with Gasteiger partial charge in [0.15, 0.2) is 0 Å². The van der Waals surface area contributed by atoms with Crippen molar-refractivity contribution in [2.24, 2.45) is 0 Å². The normalized spacial score (nSPS) is 10.4. The Kier molecular flexibility index (Phi) is 2.98. The molecule has 2 rings (SSSR count). The Labute approximate surface area is 105 Å². The quantitative estimate of drug-likeness (QED) is 0.927. The molecule has 0 atom stereocenters. The van der Waals surface area contributed by atoms with Crippen molar-refractivity contribution in [3.63, 3.8) is 0 Å². The number of rotatable bonds is 2. The minimum absolute atomic E-state index is 0.0971. The summed E-state index contributed by atoms with van der Waals surface area (Å²) >= 11 is 9.17. The largest absolute Gasteiger partial charge is 0.478 e. The molecule has 4 nitrogen and oxygen atoms in total. The van der Waals surface area contributed by atoms with E-state index in [1.165, 1.54) is 10.9 Å². The van der Waals surface area contributed by atoms with E-state index in [2.05, 4.69) is 21.0 Å². The Bertz CT molecular complexity index is 554. The number of aromatic nitrogens is 2. The maximum absolute atomic E-state index is 10.8. The summed E-state index contributed by atoms with van der Waals surface area (Å²) in [6.07, 6.45) is 1.27. The number of carboxylic acid groups (broad SMARTS) is 1. The van der Waals surface area contributed by atoms with Gasteiger partial charge in [0.05, 0.1) is 16.9 Å². The van der Waals surface area contributed by atoms with Gasteiger partial charge in [-0.15, -0.1) is 0 Å². The van der Waals surface area contributed by atoms with Crippen LogP contribution in [-0.2, 0) is 0 Å². The van der Waals surface area contributed by atoms with Crippen molar-refractivity contribution in [1.29, 1.82) is 0 Å². The summed E-state index contributed by atoms with van der Waals surface area (Å²) in [4.78, 5) is 10.8. The van der Waals surface area contributed by atoms with Crippen molar-refractivity contribution in [2.75, 3.05) is 0 Å². The second kappa shape index (κ2) is 4.27. The van der Waals surface area contributed by atoms with Gasteiger partial charge in [-0.1, -0.05) is 23.7 Å². The van der Waals surface area contributed by atoms with Crippen LogP contribution in [0.3, 0.4) is 0 Å². The van der Waals surface area contributed by atoms with Gasteiger partial charge in [-0.3, -0.25) is 0 Å². The first kappa shape index (κ1) is 11.2. The van der Waals surface area contributed by atoms with Crippen LogP contribution >= 0.6 is 27.5 Å². The molecule has 82 valence electrons. The summed E-state index contributed by atoms with van der Waals surface area (Å²) in [6.45, 7) is 0. The molecular formula is C10H6BrClN2O2. The minimum atomic E-state index is -1.04. The molecule has 0 unspecified atom stereocenters. The van der Waals surface area contributed by atoms with Crippen LogP contribution in [0.1, 0.15) is 10.4 Å². The van der Waals surface area contributed by atoms with Crippen molar-refractivity contribution in [1.82, 2.24) is 9.78 Å². The monoisotopic (exact) mass is 300 g/mol. The molecule has 1 aromatic heterocycles.